The lowest BCUT2D eigenvalue weighted by Crippen LogP contribution is -2.29. The molecule has 0 amide bonds. The van der Waals surface area contributed by atoms with Gasteiger partial charge in [0.2, 0.25) is 0 Å². The van der Waals surface area contributed by atoms with Gasteiger partial charge in [-0.2, -0.15) is 0 Å². The van der Waals surface area contributed by atoms with Gasteiger partial charge in [-0.15, -0.1) is 0 Å². The van der Waals surface area contributed by atoms with Gasteiger partial charge in [-0.25, -0.2) is 4.98 Å². The number of hydrogen-bond donors (Lipinski definition) is 2. The minimum absolute atomic E-state index is 0.377. The highest BCUT2D eigenvalue weighted by Gasteiger charge is 2.15. The molecule has 0 radical (unpaired) electrons. The summed E-state index contributed by atoms with van der Waals surface area (Å²) < 4.78 is 5.30. The molecule has 5 heteroatoms. The summed E-state index contributed by atoms with van der Waals surface area (Å²) in [5.74, 6) is 0.780. The molecule has 0 unspecified atom stereocenters. The van der Waals surface area contributed by atoms with E-state index in [9.17, 15) is 0 Å². The van der Waals surface area contributed by atoms with Crippen LogP contribution in [0, 0.1) is 0 Å². The largest absolute Gasteiger partial charge is 0.389 e. The van der Waals surface area contributed by atoms with E-state index in [1.165, 1.54) is 0 Å². The van der Waals surface area contributed by atoms with Crippen LogP contribution in [0.25, 0.3) is 0 Å². The van der Waals surface area contributed by atoms with E-state index in [1.807, 2.05) is 12.1 Å². The predicted molar refractivity (Wildman–Crippen MR) is 67.6 cm³/mol. The predicted octanol–water partition coefficient (Wildman–Crippen LogP) is 1.31. The van der Waals surface area contributed by atoms with E-state index >= 15 is 0 Å². The van der Waals surface area contributed by atoms with Crippen molar-refractivity contribution in [3.63, 3.8) is 0 Å². The molecule has 4 nitrogen and oxygen atoms in total. The molecular formula is C11H15N3OS. The molecule has 1 aromatic heterocycles. The number of ether oxygens (including phenoxy) is 1. The molecule has 1 saturated heterocycles. The van der Waals surface area contributed by atoms with Crippen LogP contribution in [0.5, 0.6) is 0 Å². The number of pyridine rings is 1. The van der Waals surface area contributed by atoms with Crippen molar-refractivity contribution in [3.8, 4) is 0 Å². The Balaban J connectivity index is 2.10. The molecule has 1 aliphatic rings. The Morgan fingerprint density at radius 3 is 2.94 bits per heavy atom. The molecule has 0 aliphatic carbocycles. The molecule has 2 rings (SSSR count). The van der Waals surface area contributed by atoms with Gasteiger partial charge in [0, 0.05) is 25.5 Å². The Bertz CT molecular complexity index is 377. The lowest BCUT2D eigenvalue weighted by atomic mass is 10.1. The van der Waals surface area contributed by atoms with Crippen LogP contribution in [0.3, 0.4) is 0 Å². The van der Waals surface area contributed by atoms with E-state index in [4.69, 9.17) is 22.7 Å². The SMILES string of the molecule is NC(=S)c1cccnc1NC1CCOCC1. The standard InChI is InChI=1S/C11H15N3OS/c12-10(16)9-2-1-5-13-11(9)14-8-3-6-15-7-4-8/h1-2,5,8H,3-4,6-7H2,(H2,12,16)(H,13,14). The van der Waals surface area contributed by atoms with Crippen LogP contribution < -0.4 is 11.1 Å². The third kappa shape index (κ3) is 2.68. The Kier molecular flexibility index (Phi) is 3.69. The summed E-state index contributed by atoms with van der Waals surface area (Å²) in [5.41, 5.74) is 6.46. The average Bonchev–Trinajstić information content (AvgIpc) is 2.31. The molecule has 0 bridgehead atoms. The van der Waals surface area contributed by atoms with Crippen LogP contribution in [0.1, 0.15) is 18.4 Å². The van der Waals surface area contributed by atoms with E-state index in [0.717, 1.165) is 37.4 Å². The molecule has 3 N–H and O–H groups in total. The van der Waals surface area contributed by atoms with Crippen molar-refractivity contribution in [1.82, 2.24) is 4.98 Å². The molecule has 1 fully saturated rings. The summed E-state index contributed by atoms with van der Waals surface area (Å²) in [7, 11) is 0. The Labute approximate surface area is 100 Å². The minimum atomic E-state index is 0.377. The average molecular weight is 237 g/mol. The molecule has 2 heterocycles. The summed E-state index contributed by atoms with van der Waals surface area (Å²) in [6.07, 6.45) is 3.73. The van der Waals surface area contributed by atoms with E-state index in [0.29, 0.717) is 11.0 Å². The third-order valence-electron chi connectivity index (χ3n) is 2.64. The molecule has 0 atom stereocenters. The smallest absolute Gasteiger partial charge is 0.136 e. The number of hydrogen-bond acceptors (Lipinski definition) is 4. The van der Waals surface area contributed by atoms with Gasteiger partial charge in [0.05, 0.1) is 5.56 Å². The summed E-state index contributed by atoms with van der Waals surface area (Å²) in [6.45, 7) is 1.60. The van der Waals surface area contributed by atoms with Crippen molar-refractivity contribution in [2.45, 2.75) is 18.9 Å². The van der Waals surface area contributed by atoms with Gasteiger partial charge in [-0.3, -0.25) is 0 Å². The molecule has 1 aromatic rings. The first kappa shape index (κ1) is 11.3. The van der Waals surface area contributed by atoms with Crippen molar-refractivity contribution in [1.29, 1.82) is 0 Å². The second-order valence-electron chi connectivity index (χ2n) is 3.79. The Morgan fingerprint density at radius 1 is 1.50 bits per heavy atom. The summed E-state index contributed by atoms with van der Waals surface area (Å²) in [6, 6.07) is 4.12. The summed E-state index contributed by atoms with van der Waals surface area (Å²) in [4.78, 5) is 4.65. The molecule has 86 valence electrons. The molecule has 16 heavy (non-hydrogen) atoms. The first-order chi connectivity index (χ1) is 7.77. The number of aromatic nitrogens is 1. The van der Waals surface area contributed by atoms with E-state index in [2.05, 4.69) is 10.3 Å². The van der Waals surface area contributed by atoms with Crippen LogP contribution in [0.4, 0.5) is 5.82 Å². The maximum atomic E-state index is 5.65. The van der Waals surface area contributed by atoms with Crippen LogP contribution in [0.2, 0.25) is 0 Å². The highest BCUT2D eigenvalue weighted by molar-refractivity contribution is 7.80. The molecule has 1 aliphatic heterocycles. The fourth-order valence-corrected chi connectivity index (χ4v) is 1.92. The highest BCUT2D eigenvalue weighted by Crippen LogP contribution is 2.16. The maximum absolute atomic E-state index is 5.65. The fraction of sp³-hybridized carbons (Fsp3) is 0.455. The van der Waals surface area contributed by atoms with Gasteiger partial charge in [-0.1, -0.05) is 12.2 Å². The van der Waals surface area contributed by atoms with E-state index in [1.54, 1.807) is 6.20 Å². The van der Waals surface area contributed by atoms with Gasteiger partial charge >= 0.3 is 0 Å². The second kappa shape index (κ2) is 5.23. The molecule has 0 spiro atoms. The summed E-state index contributed by atoms with van der Waals surface area (Å²) in [5, 5.41) is 3.37. The van der Waals surface area contributed by atoms with Gasteiger partial charge in [0.25, 0.3) is 0 Å². The first-order valence-corrected chi connectivity index (χ1v) is 5.77. The number of thiocarbonyl (C=S) groups is 1. The first-order valence-electron chi connectivity index (χ1n) is 5.36. The van der Waals surface area contributed by atoms with Crippen LogP contribution in [-0.2, 0) is 4.74 Å². The van der Waals surface area contributed by atoms with E-state index in [-0.39, 0.29) is 0 Å². The molecular weight excluding hydrogens is 222 g/mol. The van der Waals surface area contributed by atoms with Crippen molar-refractivity contribution in [2.75, 3.05) is 18.5 Å². The molecule has 0 aromatic carbocycles. The third-order valence-corrected chi connectivity index (χ3v) is 2.86. The number of nitrogens with two attached hydrogens (primary N) is 1. The second-order valence-corrected chi connectivity index (χ2v) is 4.23. The Morgan fingerprint density at radius 2 is 2.25 bits per heavy atom. The van der Waals surface area contributed by atoms with E-state index < -0.39 is 0 Å². The van der Waals surface area contributed by atoms with Crippen LogP contribution in [0.15, 0.2) is 18.3 Å². The number of anilines is 1. The van der Waals surface area contributed by atoms with Crippen molar-refractivity contribution in [2.24, 2.45) is 5.73 Å². The maximum Gasteiger partial charge on any atom is 0.136 e. The van der Waals surface area contributed by atoms with Crippen molar-refractivity contribution in [3.05, 3.63) is 23.9 Å². The zero-order valence-corrected chi connectivity index (χ0v) is 9.80. The lowest BCUT2D eigenvalue weighted by Gasteiger charge is -2.24. The van der Waals surface area contributed by atoms with Crippen molar-refractivity contribution < 1.29 is 4.74 Å². The zero-order chi connectivity index (χ0) is 11.4. The fourth-order valence-electron chi connectivity index (χ4n) is 1.75. The summed E-state index contributed by atoms with van der Waals surface area (Å²) >= 11 is 4.99. The van der Waals surface area contributed by atoms with Crippen LogP contribution >= 0.6 is 12.2 Å². The quantitative estimate of drug-likeness (QED) is 0.776. The monoisotopic (exact) mass is 237 g/mol. The highest BCUT2D eigenvalue weighted by atomic mass is 32.1. The Hall–Kier alpha value is -1.20. The number of nitrogens with one attached hydrogen (secondary N) is 1. The van der Waals surface area contributed by atoms with Gasteiger partial charge in [-0.05, 0) is 25.0 Å². The van der Waals surface area contributed by atoms with Gasteiger partial charge in [0.15, 0.2) is 0 Å². The topological polar surface area (TPSA) is 60.2 Å². The number of rotatable bonds is 3. The number of nitrogens with zero attached hydrogens (tertiary/aromatic N) is 1. The van der Waals surface area contributed by atoms with Crippen LogP contribution in [-0.4, -0.2) is 29.2 Å². The lowest BCUT2D eigenvalue weighted by molar-refractivity contribution is 0.0904. The molecule has 0 saturated carbocycles. The van der Waals surface area contributed by atoms with Crippen molar-refractivity contribution >= 4 is 23.0 Å². The van der Waals surface area contributed by atoms with Gasteiger partial charge < -0.3 is 15.8 Å². The zero-order valence-electron chi connectivity index (χ0n) is 8.98. The normalized spacial score (nSPS) is 17.0. The minimum Gasteiger partial charge on any atom is -0.389 e. The van der Waals surface area contributed by atoms with Gasteiger partial charge in [0.1, 0.15) is 10.8 Å².